The third-order valence-electron chi connectivity index (χ3n) is 2.29. The van der Waals surface area contributed by atoms with Crippen LogP contribution in [0.3, 0.4) is 0 Å². The van der Waals surface area contributed by atoms with E-state index in [1.54, 1.807) is 0 Å². The summed E-state index contributed by atoms with van der Waals surface area (Å²) in [7, 11) is 2.13. The Bertz CT molecular complexity index is 118. The molecule has 1 unspecified atom stereocenters. The van der Waals surface area contributed by atoms with Crippen LogP contribution in [0.25, 0.3) is 0 Å². The Morgan fingerprint density at radius 3 is 2.08 bits per heavy atom. The molecule has 0 aliphatic heterocycles. The number of allylic oxidation sites excluding steroid dienone is 1. The lowest BCUT2D eigenvalue weighted by atomic mass is 10.2. The highest BCUT2D eigenvalue weighted by atomic mass is 15.1. The zero-order valence-electron chi connectivity index (χ0n) is 10.4. The zero-order chi connectivity index (χ0) is 10.9. The molecule has 0 fully saturated rings. The van der Waals surface area contributed by atoms with Crippen molar-refractivity contribution in [1.82, 2.24) is 4.90 Å². The van der Waals surface area contributed by atoms with Crippen molar-refractivity contribution in [2.75, 3.05) is 7.05 Å². The van der Waals surface area contributed by atoms with Crippen LogP contribution in [0.4, 0.5) is 0 Å². The minimum absolute atomic E-state index is 0.633. The van der Waals surface area contributed by atoms with Gasteiger partial charge in [-0.3, -0.25) is 0 Å². The fourth-order valence-electron chi connectivity index (χ4n) is 1.05. The van der Waals surface area contributed by atoms with Crippen molar-refractivity contribution in [2.45, 2.75) is 59.9 Å². The van der Waals surface area contributed by atoms with Crippen molar-refractivity contribution in [3.05, 3.63) is 12.3 Å². The first-order valence-electron chi connectivity index (χ1n) is 5.54. The number of rotatable bonds is 5. The Morgan fingerprint density at radius 2 is 1.77 bits per heavy atom. The second-order valence-electron chi connectivity index (χ2n) is 3.18. The molecule has 0 amide bonds. The summed E-state index contributed by atoms with van der Waals surface area (Å²) in [5.74, 6) is 0. The van der Waals surface area contributed by atoms with Crippen LogP contribution in [0.5, 0.6) is 0 Å². The van der Waals surface area contributed by atoms with Crippen LogP contribution in [-0.2, 0) is 0 Å². The van der Waals surface area contributed by atoms with Gasteiger partial charge in [0.15, 0.2) is 0 Å². The highest BCUT2D eigenvalue weighted by Gasteiger charge is 2.06. The van der Waals surface area contributed by atoms with Crippen molar-refractivity contribution < 1.29 is 0 Å². The van der Waals surface area contributed by atoms with Crippen LogP contribution in [0.2, 0.25) is 0 Å². The molecule has 0 saturated heterocycles. The second-order valence-corrected chi connectivity index (χ2v) is 3.18. The van der Waals surface area contributed by atoms with Crippen LogP contribution < -0.4 is 0 Å². The first-order chi connectivity index (χ1) is 6.13. The van der Waals surface area contributed by atoms with Gasteiger partial charge >= 0.3 is 0 Å². The smallest absolute Gasteiger partial charge is 0.0252 e. The van der Waals surface area contributed by atoms with Crippen LogP contribution >= 0.6 is 0 Å². The molecule has 13 heavy (non-hydrogen) atoms. The van der Waals surface area contributed by atoms with Crippen LogP contribution in [0.15, 0.2) is 12.3 Å². The van der Waals surface area contributed by atoms with E-state index in [0.29, 0.717) is 6.04 Å². The van der Waals surface area contributed by atoms with E-state index in [-0.39, 0.29) is 0 Å². The van der Waals surface area contributed by atoms with Gasteiger partial charge in [-0.25, -0.2) is 0 Å². The summed E-state index contributed by atoms with van der Waals surface area (Å²) in [6.45, 7) is 14.7. The topological polar surface area (TPSA) is 3.24 Å². The highest BCUT2D eigenvalue weighted by molar-refractivity contribution is 4.93. The summed E-state index contributed by atoms with van der Waals surface area (Å²) < 4.78 is 0. The lowest BCUT2D eigenvalue weighted by Gasteiger charge is -2.27. The van der Waals surface area contributed by atoms with Gasteiger partial charge in [-0.2, -0.15) is 0 Å². The SMILES string of the molecule is C=C(CCC)N(C)C(C)CC.CC. The van der Waals surface area contributed by atoms with E-state index in [1.807, 2.05) is 13.8 Å². The van der Waals surface area contributed by atoms with Crippen molar-refractivity contribution in [3.8, 4) is 0 Å². The monoisotopic (exact) mass is 185 g/mol. The molecule has 0 spiro atoms. The predicted molar refractivity (Wildman–Crippen MR) is 62.9 cm³/mol. The molecular formula is C12H27N. The predicted octanol–water partition coefficient (Wildman–Crippen LogP) is 4.06. The highest BCUT2D eigenvalue weighted by Crippen LogP contribution is 2.11. The average molecular weight is 185 g/mol. The van der Waals surface area contributed by atoms with Gasteiger partial charge in [-0.1, -0.05) is 40.7 Å². The van der Waals surface area contributed by atoms with Gasteiger partial charge in [0.1, 0.15) is 0 Å². The molecule has 0 aromatic heterocycles. The van der Waals surface area contributed by atoms with E-state index in [0.717, 1.165) is 6.42 Å². The van der Waals surface area contributed by atoms with Crippen molar-refractivity contribution in [2.24, 2.45) is 0 Å². The van der Waals surface area contributed by atoms with Gasteiger partial charge in [0.25, 0.3) is 0 Å². The standard InChI is InChI=1S/C10H21N.C2H6/c1-6-8-10(4)11(5)9(3)7-2;1-2/h9H,4,6-8H2,1-3,5H3;1-2H3. The van der Waals surface area contributed by atoms with Gasteiger partial charge in [-0.05, 0) is 19.8 Å². The second kappa shape index (κ2) is 9.63. The summed E-state index contributed by atoms with van der Waals surface area (Å²) in [4.78, 5) is 2.28. The molecule has 1 nitrogen and oxygen atoms in total. The Morgan fingerprint density at radius 1 is 1.31 bits per heavy atom. The summed E-state index contributed by atoms with van der Waals surface area (Å²) >= 11 is 0. The molecule has 1 atom stereocenters. The molecular weight excluding hydrogens is 158 g/mol. The Kier molecular flexibility index (Phi) is 11.1. The molecule has 0 rings (SSSR count). The van der Waals surface area contributed by atoms with Crippen molar-refractivity contribution in [3.63, 3.8) is 0 Å². The maximum absolute atomic E-state index is 4.04. The van der Waals surface area contributed by atoms with Crippen LogP contribution in [0, 0.1) is 0 Å². The van der Waals surface area contributed by atoms with Crippen molar-refractivity contribution >= 4 is 0 Å². The molecule has 0 aromatic carbocycles. The molecule has 0 bridgehead atoms. The molecule has 0 aromatic rings. The third-order valence-corrected chi connectivity index (χ3v) is 2.29. The van der Waals surface area contributed by atoms with E-state index in [1.165, 1.54) is 18.5 Å². The molecule has 0 radical (unpaired) electrons. The van der Waals surface area contributed by atoms with Crippen LogP contribution in [0.1, 0.15) is 53.9 Å². The van der Waals surface area contributed by atoms with Gasteiger partial charge in [-0.15, -0.1) is 0 Å². The lowest BCUT2D eigenvalue weighted by Crippen LogP contribution is -2.27. The summed E-state index contributed by atoms with van der Waals surface area (Å²) in [5.41, 5.74) is 1.27. The maximum Gasteiger partial charge on any atom is 0.0252 e. The largest absolute Gasteiger partial charge is 0.376 e. The molecule has 0 N–H and O–H groups in total. The zero-order valence-corrected chi connectivity index (χ0v) is 10.4. The summed E-state index contributed by atoms with van der Waals surface area (Å²) in [6, 6.07) is 0.633. The Hall–Kier alpha value is -0.460. The van der Waals surface area contributed by atoms with E-state index in [2.05, 4.69) is 39.3 Å². The summed E-state index contributed by atoms with van der Waals surface area (Å²) in [6.07, 6.45) is 3.51. The van der Waals surface area contributed by atoms with Gasteiger partial charge in [0, 0.05) is 18.8 Å². The first kappa shape index (κ1) is 15.0. The number of nitrogens with zero attached hydrogens (tertiary/aromatic N) is 1. The molecule has 0 aliphatic carbocycles. The molecule has 0 saturated carbocycles. The van der Waals surface area contributed by atoms with E-state index >= 15 is 0 Å². The average Bonchev–Trinajstić information content (AvgIpc) is 2.19. The van der Waals surface area contributed by atoms with Gasteiger partial charge < -0.3 is 4.90 Å². The Labute approximate surface area is 84.8 Å². The normalized spacial score (nSPS) is 11.2. The molecule has 80 valence electrons. The lowest BCUT2D eigenvalue weighted by molar-refractivity contribution is 0.306. The third kappa shape index (κ3) is 6.68. The van der Waals surface area contributed by atoms with Gasteiger partial charge in [0.05, 0.1) is 0 Å². The van der Waals surface area contributed by atoms with E-state index < -0.39 is 0 Å². The number of hydrogen-bond acceptors (Lipinski definition) is 1. The van der Waals surface area contributed by atoms with Crippen molar-refractivity contribution in [1.29, 1.82) is 0 Å². The quantitative estimate of drug-likeness (QED) is 0.624. The molecule has 0 aliphatic rings. The Balaban J connectivity index is 0. The minimum atomic E-state index is 0.633. The number of hydrogen-bond donors (Lipinski definition) is 0. The fraction of sp³-hybridized carbons (Fsp3) is 0.833. The molecule has 0 heterocycles. The molecule has 1 heteroatoms. The maximum atomic E-state index is 4.04. The summed E-state index contributed by atoms with van der Waals surface area (Å²) in [5, 5.41) is 0. The van der Waals surface area contributed by atoms with E-state index in [4.69, 9.17) is 0 Å². The van der Waals surface area contributed by atoms with Gasteiger partial charge in [0.2, 0.25) is 0 Å². The fourth-order valence-corrected chi connectivity index (χ4v) is 1.05. The first-order valence-corrected chi connectivity index (χ1v) is 5.54. The van der Waals surface area contributed by atoms with Crippen LogP contribution in [-0.4, -0.2) is 18.0 Å². The van der Waals surface area contributed by atoms with E-state index in [9.17, 15) is 0 Å². The minimum Gasteiger partial charge on any atom is -0.376 e.